The third kappa shape index (κ3) is 5.22. The topological polar surface area (TPSA) is 69.0 Å². The number of hydrogen-bond donors (Lipinski definition) is 1. The molecule has 1 N–H and O–H groups in total. The average Bonchev–Trinajstić information content (AvgIpc) is 3.08. The van der Waals surface area contributed by atoms with Crippen LogP contribution in [0.25, 0.3) is 5.82 Å². The Labute approximate surface area is 171 Å². The molecule has 0 saturated carbocycles. The van der Waals surface area contributed by atoms with Crippen molar-refractivity contribution in [3.63, 3.8) is 0 Å². The summed E-state index contributed by atoms with van der Waals surface area (Å²) >= 11 is 0. The first-order valence-corrected chi connectivity index (χ1v) is 9.76. The minimum atomic E-state index is -0.147. The number of nitrogens with zero attached hydrogens (tertiary/aromatic N) is 3. The fourth-order valence-electron chi connectivity index (χ4n) is 2.91. The number of aromatic nitrogens is 3. The van der Waals surface area contributed by atoms with Gasteiger partial charge in [0.05, 0.1) is 18.7 Å². The van der Waals surface area contributed by atoms with Gasteiger partial charge in [0.2, 0.25) is 5.91 Å². The van der Waals surface area contributed by atoms with Crippen molar-refractivity contribution in [3.8, 4) is 11.6 Å². The van der Waals surface area contributed by atoms with Crippen LogP contribution in [0, 0.1) is 13.8 Å². The van der Waals surface area contributed by atoms with Gasteiger partial charge in [-0.1, -0.05) is 44.5 Å². The number of amides is 1. The van der Waals surface area contributed by atoms with E-state index < -0.39 is 0 Å². The standard InChI is InChI=1S/C23H28N4O2/c1-16-9-10-18(17(2)14-16)29-13-11-22(28)25-21-15-19(23(3,4)5)26-27(21)20-8-6-7-12-24-20/h6-10,12,14-15H,11,13H2,1-5H3,(H,25,28). The van der Waals surface area contributed by atoms with E-state index in [4.69, 9.17) is 4.74 Å². The maximum atomic E-state index is 12.5. The van der Waals surface area contributed by atoms with Crippen molar-refractivity contribution in [2.24, 2.45) is 0 Å². The molecule has 0 saturated heterocycles. The zero-order valence-electron chi connectivity index (χ0n) is 17.7. The van der Waals surface area contributed by atoms with E-state index >= 15 is 0 Å². The van der Waals surface area contributed by atoms with Gasteiger partial charge in [-0.15, -0.1) is 0 Å². The van der Waals surface area contributed by atoms with Crippen molar-refractivity contribution in [2.45, 2.75) is 46.5 Å². The molecule has 0 spiro atoms. The Morgan fingerprint density at radius 2 is 1.93 bits per heavy atom. The van der Waals surface area contributed by atoms with E-state index in [1.165, 1.54) is 5.56 Å². The largest absolute Gasteiger partial charge is 0.493 e. The number of benzene rings is 1. The SMILES string of the molecule is Cc1ccc(OCCC(=O)Nc2cc(C(C)(C)C)nn2-c2ccccn2)c(C)c1. The number of aryl methyl sites for hydroxylation is 2. The van der Waals surface area contributed by atoms with Gasteiger partial charge in [0.25, 0.3) is 0 Å². The second-order valence-corrected chi connectivity index (χ2v) is 8.18. The van der Waals surface area contributed by atoms with E-state index in [1.54, 1.807) is 10.9 Å². The molecule has 152 valence electrons. The highest BCUT2D eigenvalue weighted by atomic mass is 16.5. The lowest BCUT2D eigenvalue weighted by molar-refractivity contribution is -0.116. The van der Waals surface area contributed by atoms with Crippen molar-refractivity contribution in [3.05, 3.63) is 65.5 Å². The molecule has 2 heterocycles. The van der Waals surface area contributed by atoms with Crippen LogP contribution in [0.1, 0.15) is 44.0 Å². The van der Waals surface area contributed by atoms with Gasteiger partial charge in [-0.3, -0.25) is 4.79 Å². The van der Waals surface area contributed by atoms with Gasteiger partial charge in [-0.05, 0) is 37.6 Å². The molecule has 29 heavy (non-hydrogen) atoms. The minimum absolute atomic E-state index is 0.132. The van der Waals surface area contributed by atoms with Crippen molar-refractivity contribution < 1.29 is 9.53 Å². The molecule has 0 bridgehead atoms. The Kier molecular flexibility index (Phi) is 6.01. The molecule has 1 aromatic carbocycles. The van der Waals surface area contributed by atoms with Crippen LogP contribution in [0.3, 0.4) is 0 Å². The predicted molar refractivity (Wildman–Crippen MR) is 115 cm³/mol. The molecule has 3 aromatic rings. The fraction of sp³-hybridized carbons (Fsp3) is 0.348. The summed E-state index contributed by atoms with van der Waals surface area (Å²) in [6.45, 7) is 10.6. The number of nitrogens with one attached hydrogen (secondary N) is 1. The quantitative estimate of drug-likeness (QED) is 0.666. The van der Waals surface area contributed by atoms with Gasteiger partial charge < -0.3 is 10.1 Å². The molecular weight excluding hydrogens is 364 g/mol. The second-order valence-electron chi connectivity index (χ2n) is 8.18. The number of pyridine rings is 1. The molecule has 0 atom stereocenters. The van der Waals surface area contributed by atoms with E-state index in [0.29, 0.717) is 18.2 Å². The molecule has 0 aliphatic heterocycles. The molecule has 0 aliphatic carbocycles. The molecule has 0 unspecified atom stereocenters. The van der Waals surface area contributed by atoms with Crippen LogP contribution >= 0.6 is 0 Å². The van der Waals surface area contributed by atoms with Crippen molar-refractivity contribution >= 4 is 11.7 Å². The smallest absolute Gasteiger partial charge is 0.228 e. The maximum absolute atomic E-state index is 12.5. The van der Waals surface area contributed by atoms with Gasteiger partial charge in [-0.2, -0.15) is 9.78 Å². The number of hydrogen-bond acceptors (Lipinski definition) is 4. The summed E-state index contributed by atoms with van der Waals surface area (Å²) in [6, 6.07) is 13.5. The lowest BCUT2D eigenvalue weighted by Gasteiger charge is -2.13. The van der Waals surface area contributed by atoms with Gasteiger partial charge >= 0.3 is 0 Å². The van der Waals surface area contributed by atoms with Gasteiger partial charge in [0.1, 0.15) is 11.6 Å². The molecule has 0 fully saturated rings. The highest BCUT2D eigenvalue weighted by Crippen LogP contribution is 2.26. The Morgan fingerprint density at radius 3 is 2.59 bits per heavy atom. The molecular formula is C23H28N4O2. The average molecular weight is 393 g/mol. The Hall–Kier alpha value is -3.15. The van der Waals surface area contributed by atoms with Crippen LogP contribution < -0.4 is 10.1 Å². The van der Waals surface area contributed by atoms with E-state index in [0.717, 1.165) is 17.0 Å². The number of rotatable bonds is 6. The summed E-state index contributed by atoms with van der Waals surface area (Å²) in [7, 11) is 0. The summed E-state index contributed by atoms with van der Waals surface area (Å²) in [6.07, 6.45) is 1.95. The summed E-state index contributed by atoms with van der Waals surface area (Å²) in [4.78, 5) is 16.9. The third-order valence-electron chi connectivity index (χ3n) is 4.53. The van der Waals surface area contributed by atoms with E-state index in [1.807, 2.05) is 50.2 Å². The summed E-state index contributed by atoms with van der Waals surface area (Å²) in [5.74, 6) is 1.93. The van der Waals surface area contributed by atoms with Crippen molar-refractivity contribution in [1.82, 2.24) is 14.8 Å². The van der Waals surface area contributed by atoms with E-state index in [9.17, 15) is 4.79 Å². The normalized spacial score (nSPS) is 11.3. The number of carbonyl (C=O) groups excluding carboxylic acids is 1. The monoisotopic (exact) mass is 392 g/mol. The fourth-order valence-corrected chi connectivity index (χ4v) is 2.91. The predicted octanol–water partition coefficient (Wildman–Crippen LogP) is 4.59. The van der Waals surface area contributed by atoms with Crippen LogP contribution in [0.5, 0.6) is 5.75 Å². The van der Waals surface area contributed by atoms with Crippen molar-refractivity contribution in [1.29, 1.82) is 0 Å². The molecule has 2 aromatic heterocycles. The van der Waals surface area contributed by atoms with Gasteiger partial charge in [0, 0.05) is 17.7 Å². The third-order valence-corrected chi connectivity index (χ3v) is 4.53. The van der Waals surface area contributed by atoms with E-state index in [-0.39, 0.29) is 17.7 Å². The van der Waals surface area contributed by atoms with E-state index in [2.05, 4.69) is 42.2 Å². The van der Waals surface area contributed by atoms with Crippen LogP contribution in [-0.2, 0) is 10.2 Å². The first-order chi connectivity index (χ1) is 13.7. The Morgan fingerprint density at radius 1 is 1.14 bits per heavy atom. The Bertz CT molecular complexity index is 988. The van der Waals surface area contributed by atoms with Crippen LogP contribution in [0.15, 0.2) is 48.7 Å². The highest BCUT2D eigenvalue weighted by Gasteiger charge is 2.21. The Balaban J connectivity index is 1.70. The molecule has 6 nitrogen and oxygen atoms in total. The molecule has 3 rings (SSSR count). The van der Waals surface area contributed by atoms with Crippen LogP contribution in [0.2, 0.25) is 0 Å². The van der Waals surface area contributed by atoms with Crippen molar-refractivity contribution in [2.75, 3.05) is 11.9 Å². The lowest BCUT2D eigenvalue weighted by Crippen LogP contribution is -2.18. The van der Waals surface area contributed by atoms with Crippen LogP contribution in [0.4, 0.5) is 5.82 Å². The molecule has 1 amide bonds. The number of ether oxygens (including phenoxy) is 1. The second kappa shape index (κ2) is 8.47. The summed E-state index contributed by atoms with van der Waals surface area (Å²) < 4.78 is 7.45. The summed E-state index contributed by atoms with van der Waals surface area (Å²) in [5, 5.41) is 7.61. The molecule has 0 aliphatic rings. The first kappa shape index (κ1) is 20.6. The van der Waals surface area contributed by atoms with Gasteiger partial charge in [0.15, 0.2) is 5.82 Å². The first-order valence-electron chi connectivity index (χ1n) is 9.76. The number of anilines is 1. The zero-order valence-corrected chi connectivity index (χ0v) is 17.7. The van der Waals surface area contributed by atoms with Crippen LogP contribution in [-0.4, -0.2) is 27.3 Å². The lowest BCUT2D eigenvalue weighted by atomic mass is 9.92. The number of carbonyl (C=O) groups is 1. The maximum Gasteiger partial charge on any atom is 0.228 e. The molecule has 0 radical (unpaired) electrons. The zero-order chi connectivity index (χ0) is 21.0. The van der Waals surface area contributed by atoms with Gasteiger partial charge in [-0.25, -0.2) is 4.98 Å². The summed E-state index contributed by atoms with van der Waals surface area (Å²) in [5.41, 5.74) is 2.98. The highest BCUT2D eigenvalue weighted by molar-refractivity contribution is 5.90. The molecule has 6 heteroatoms. The minimum Gasteiger partial charge on any atom is -0.493 e.